The van der Waals surface area contributed by atoms with Crippen LogP contribution in [0.4, 0.5) is 0 Å². The van der Waals surface area contributed by atoms with Crippen molar-refractivity contribution in [1.82, 2.24) is 4.90 Å². The van der Waals surface area contributed by atoms with E-state index in [2.05, 4.69) is 0 Å². The SMILES string of the molecule is COC(=O)[C@H]1CCCCN1C(=O)C1CC2CCC1C2. The van der Waals surface area contributed by atoms with E-state index in [1.807, 2.05) is 4.90 Å². The number of nitrogens with zero attached hydrogens (tertiary/aromatic N) is 1. The molecule has 0 spiro atoms. The third-order valence-electron chi connectivity index (χ3n) is 5.31. The van der Waals surface area contributed by atoms with E-state index in [0.29, 0.717) is 5.92 Å². The highest BCUT2D eigenvalue weighted by Crippen LogP contribution is 2.49. The van der Waals surface area contributed by atoms with Crippen LogP contribution in [-0.2, 0) is 14.3 Å². The van der Waals surface area contributed by atoms with Crippen molar-refractivity contribution in [2.45, 2.75) is 51.0 Å². The lowest BCUT2D eigenvalue weighted by Crippen LogP contribution is -2.51. The van der Waals surface area contributed by atoms with Gasteiger partial charge in [-0.3, -0.25) is 4.79 Å². The van der Waals surface area contributed by atoms with Crippen molar-refractivity contribution < 1.29 is 14.3 Å². The second-order valence-corrected chi connectivity index (χ2v) is 6.35. The van der Waals surface area contributed by atoms with Crippen LogP contribution in [0.25, 0.3) is 0 Å². The predicted molar refractivity (Wildman–Crippen MR) is 70.3 cm³/mol. The van der Waals surface area contributed by atoms with Crippen LogP contribution in [0.3, 0.4) is 0 Å². The molecular weight excluding hydrogens is 242 g/mol. The molecule has 19 heavy (non-hydrogen) atoms. The van der Waals surface area contributed by atoms with Gasteiger partial charge in [-0.05, 0) is 50.4 Å². The maximum absolute atomic E-state index is 12.7. The molecule has 2 aliphatic carbocycles. The van der Waals surface area contributed by atoms with Gasteiger partial charge in [0.1, 0.15) is 6.04 Å². The summed E-state index contributed by atoms with van der Waals surface area (Å²) in [4.78, 5) is 26.4. The first kappa shape index (κ1) is 12.9. The van der Waals surface area contributed by atoms with Crippen molar-refractivity contribution in [3.8, 4) is 0 Å². The summed E-state index contributed by atoms with van der Waals surface area (Å²) in [6, 6.07) is -0.328. The third kappa shape index (κ3) is 2.26. The van der Waals surface area contributed by atoms with Gasteiger partial charge in [-0.25, -0.2) is 4.79 Å². The van der Waals surface area contributed by atoms with E-state index in [0.717, 1.165) is 38.1 Å². The summed E-state index contributed by atoms with van der Waals surface area (Å²) < 4.78 is 4.86. The highest BCUT2D eigenvalue weighted by molar-refractivity contribution is 5.86. The molecule has 0 aromatic carbocycles. The Balaban J connectivity index is 1.72. The van der Waals surface area contributed by atoms with Crippen molar-refractivity contribution in [3.05, 3.63) is 0 Å². The first-order chi connectivity index (χ1) is 9.20. The molecule has 3 rings (SSSR count). The molecule has 0 radical (unpaired) electrons. The fourth-order valence-electron chi connectivity index (χ4n) is 4.34. The zero-order chi connectivity index (χ0) is 13.4. The van der Waals surface area contributed by atoms with E-state index < -0.39 is 0 Å². The van der Waals surface area contributed by atoms with Gasteiger partial charge in [0.25, 0.3) is 0 Å². The lowest BCUT2D eigenvalue weighted by molar-refractivity contribution is -0.157. The van der Waals surface area contributed by atoms with Crippen molar-refractivity contribution in [3.63, 3.8) is 0 Å². The number of piperidine rings is 1. The molecular formula is C15H23NO3. The van der Waals surface area contributed by atoms with E-state index >= 15 is 0 Å². The number of amides is 1. The van der Waals surface area contributed by atoms with Crippen LogP contribution in [-0.4, -0.2) is 36.5 Å². The Morgan fingerprint density at radius 3 is 2.58 bits per heavy atom. The first-order valence-electron chi connectivity index (χ1n) is 7.59. The summed E-state index contributed by atoms with van der Waals surface area (Å²) in [6.45, 7) is 0.729. The molecule has 106 valence electrons. The molecule has 0 N–H and O–H groups in total. The number of hydrogen-bond acceptors (Lipinski definition) is 3. The van der Waals surface area contributed by atoms with Crippen LogP contribution in [0.1, 0.15) is 44.9 Å². The van der Waals surface area contributed by atoms with Crippen LogP contribution in [0.5, 0.6) is 0 Å². The Kier molecular flexibility index (Phi) is 3.50. The molecule has 1 amide bonds. The Morgan fingerprint density at radius 1 is 1.11 bits per heavy atom. The maximum atomic E-state index is 12.7. The zero-order valence-electron chi connectivity index (χ0n) is 11.6. The van der Waals surface area contributed by atoms with E-state index in [1.165, 1.54) is 26.4 Å². The summed E-state index contributed by atoms with van der Waals surface area (Å²) in [6.07, 6.45) is 7.58. The number of methoxy groups -OCH3 is 1. The van der Waals surface area contributed by atoms with Crippen molar-refractivity contribution in [2.24, 2.45) is 17.8 Å². The minimum Gasteiger partial charge on any atom is -0.467 e. The monoisotopic (exact) mass is 265 g/mol. The second-order valence-electron chi connectivity index (χ2n) is 6.35. The standard InChI is InChI=1S/C15H23NO3/c1-19-15(18)13-4-2-3-7-16(13)14(17)12-9-10-5-6-11(12)8-10/h10-13H,2-9H2,1H3/t10?,11?,12?,13-/m1/s1. The molecule has 3 unspecified atom stereocenters. The van der Waals surface area contributed by atoms with Gasteiger partial charge in [0.05, 0.1) is 7.11 Å². The van der Waals surface area contributed by atoms with Crippen LogP contribution in [0.15, 0.2) is 0 Å². The minimum absolute atomic E-state index is 0.184. The lowest BCUT2D eigenvalue weighted by atomic mass is 9.86. The summed E-state index contributed by atoms with van der Waals surface area (Å²) in [5.74, 6) is 1.51. The molecule has 0 aromatic heterocycles. The average Bonchev–Trinajstić information content (AvgIpc) is 3.08. The van der Waals surface area contributed by atoms with Gasteiger partial charge < -0.3 is 9.64 Å². The minimum atomic E-state index is -0.328. The van der Waals surface area contributed by atoms with Crippen LogP contribution >= 0.6 is 0 Å². The highest BCUT2D eigenvalue weighted by Gasteiger charge is 2.46. The number of carbonyl (C=O) groups excluding carboxylic acids is 2. The van der Waals surface area contributed by atoms with E-state index in [9.17, 15) is 9.59 Å². The van der Waals surface area contributed by atoms with Crippen LogP contribution < -0.4 is 0 Å². The fourth-order valence-corrected chi connectivity index (χ4v) is 4.34. The molecule has 0 aromatic rings. The molecule has 4 atom stereocenters. The Hall–Kier alpha value is -1.06. The Morgan fingerprint density at radius 2 is 1.95 bits per heavy atom. The number of rotatable bonds is 2. The fraction of sp³-hybridized carbons (Fsp3) is 0.867. The highest BCUT2D eigenvalue weighted by atomic mass is 16.5. The number of hydrogen-bond donors (Lipinski definition) is 0. The second kappa shape index (κ2) is 5.14. The van der Waals surface area contributed by atoms with E-state index in [1.54, 1.807) is 0 Å². The van der Waals surface area contributed by atoms with Crippen molar-refractivity contribution >= 4 is 11.9 Å². The molecule has 4 heteroatoms. The predicted octanol–water partition coefficient (Wildman–Crippen LogP) is 1.98. The summed E-state index contributed by atoms with van der Waals surface area (Å²) >= 11 is 0. The zero-order valence-corrected chi connectivity index (χ0v) is 11.6. The van der Waals surface area contributed by atoms with Crippen LogP contribution in [0.2, 0.25) is 0 Å². The van der Waals surface area contributed by atoms with Crippen molar-refractivity contribution in [2.75, 3.05) is 13.7 Å². The van der Waals surface area contributed by atoms with Gasteiger partial charge in [-0.15, -0.1) is 0 Å². The van der Waals surface area contributed by atoms with Gasteiger partial charge in [0.15, 0.2) is 0 Å². The number of esters is 1. The van der Waals surface area contributed by atoms with E-state index in [4.69, 9.17) is 4.74 Å². The van der Waals surface area contributed by atoms with Gasteiger partial charge in [-0.1, -0.05) is 6.42 Å². The smallest absolute Gasteiger partial charge is 0.328 e. The summed E-state index contributed by atoms with van der Waals surface area (Å²) in [5.41, 5.74) is 0. The topological polar surface area (TPSA) is 46.6 Å². The number of fused-ring (bicyclic) bond motifs is 2. The van der Waals surface area contributed by atoms with Gasteiger partial charge in [-0.2, -0.15) is 0 Å². The average molecular weight is 265 g/mol. The largest absolute Gasteiger partial charge is 0.467 e. The molecule has 1 heterocycles. The van der Waals surface area contributed by atoms with Crippen LogP contribution in [0, 0.1) is 17.8 Å². The van der Waals surface area contributed by atoms with Gasteiger partial charge in [0, 0.05) is 12.5 Å². The Bertz CT molecular complexity index is 382. The molecule has 2 bridgehead atoms. The third-order valence-corrected chi connectivity index (χ3v) is 5.31. The molecule has 3 fully saturated rings. The van der Waals surface area contributed by atoms with Crippen molar-refractivity contribution in [1.29, 1.82) is 0 Å². The van der Waals surface area contributed by atoms with Gasteiger partial charge >= 0.3 is 5.97 Å². The quantitative estimate of drug-likeness (QED) is 0.717. The van der Waals surface area contributed by atoms with E-state index in [-0.39, 0.29) is 23.8 Å². The molecule has 3 aliphatic rings. The number of likely N-dealkylation sites (tertiary alicyclic amines) is 1. The first-order valence-corrected chi connectivity index (χ1v) is 7.59. The molecule has 1 saturated heterocycles. The Labute approximate surface area is 114 Å². The van der Waals surface area contributed by atoms with Gasteiger partial charge in [0.2, 0.25) is 5.91 Å². The maximum Gasteiger partial charge on any atom is 0.328 e. The summed E-state index contributed by atoms with van der Waals surface area (Å²) in [7, 11) is 1.41. The number of carbonyl (C=O) groups is 2. The number of ether oxygens (including phenoxy) is 1. The normalized spacial score (nSPS) is 37.4. The summed E-state index contributed by atoms with van der Waals surface area (Å²) in [5, 5.41) is 0. The molecule has 4 nitrogen and oxygen atoms in total. The molecule has 2 saturated carbocycles. The lowest BCUT2D eigenvalue weighted by Gasteiger charge is -2.37. The molecule has 1 aliphatic heterocycles.